The van der Waals surface area contributed by atoms with E-state index in [4.69, 9.17) is 15.3 Å². The molecule has 48 valence electrons. The van der Waals surface area contributed by atoms with Crippen molar-refractivity contribution >= 4 is 0 Å². The molecular weight excluding hydrogens is 112 g/mol. The Kier molecular flexibility index (Phi) is 1.24. The Bertz CT molecular complexity index is 90.0. The van der Waals surface area contributed by atoms with Crippen molar-refractivity contribution < 1.29 is 20.1 Å². The second kappa shape index (κ2) is 1.66. The van der Waals surface area contributed by atoms with Gasteiger partial charge in [-0.2, -0.15) is 0 Å². The fourth-order valence-corrected chi connectivity index (χ4v) is 0.605. The van der Waals surface area contributed by atoms with E-state index in [9.17, 15) is 0 Å². The van der Waals surface area contributed by atoms with Crippen molar-refractivity contribution in [3.63, 3.8) is 0 Å². The largest absolute Gasteiger partial charge is 0.385 e. The highest BCUT2D eigenvalue weighted by Crippen LogP contribution is 2.19. The molecule has 0 amide bonds. The highest BCUT2D eigenvalue weighted by Gasteiger charge is 2.39. The van der Waals surface area contributed by atoms with Crippen molar-refractivity contribution in [1.29, 1.82) is 0 Å². The molecule has 1 rings (SSSR count). The van der Waals surface area contributed by atoms with Crippen LogP contribution in [0.2, 0.25) is 0 Å². The number of hydrogen-bond donors (Lipinski definition) is 3. The van der Waals surface area contributed by atoms with Crippen LogP contribution in [0.5, 0.6) is 0 Å². The van der Waals surface area contributed by atoms with E-state index in [0.29, 0.717) is 0 Å². The van der Waals surface area contributed by atoms with Gasteiger partial charge < -0.3 is 20.1 Å². The first kappa shape index (κ1) is 5.97. The van der Waals surface area contributed by atoms with Crippen molar-refractivity contribution in [3.05, 3.63) is 0 Å². The molecule has 1 aliphatic heterocycles. The Morgan fingerprint density at radius 2 is 2.12 bits per heavy atom. The van der Waals surface area contributed by atoms with Crippen LogP contribution in [0, 0.1) is 0 Å². The van der Waals surface area contributed by atoms with Crippen LogP contribution in [0.4, 0.5) is 0 Å². The molecule has 1 heterocycles. The van der Waals surface area contributed by atoms with Crippen LogP contribution in [-0.2, 0) is 4.74 Å². The summed E-state index contributed by atoms with van der Waals surface area (Å²) in [6.07, 6.45) is -0.866. The summed E-state index contributed by atoms with van der Waals surface area (Å²) in [7, 11) is 0. The lowest BCUT2D eigenvalue weighted by atomic mass is 10.3. The Hall–Kier alpha value is -0.160. The van der Waals surface area contributed by atoms with Crippen LogP contribution in [-0.4, -0.2) is 34.0 Å². The van der Waals surface area contributed by atoms with Crippen LogP contribution in [0.3, 0.4) is 0 Å². The first-order valence-corrected chi connectivity index (χ1v) is 2.40. The molecule has 4 nitrogen and oxygen atoms in total. The minimum atomic E-state index is -2.29. The van der Waals surface area contributed by atoms with Gasteiger partial charge in [-0.1, -0.05) is 0 Å². The third-order valence-corrected chi connectivity index (χ3v) is 1.14. The van der Waals surface area contributed by atoms with Crippen molar-refractivity contribution in [2.75, 3.05) is 6.61 Å². The smallest absolute Gasteiger partial charge is 0.305 e. The van der Waals surface area contributed by atoms with Gasteiger partial charge in [0.05, 0.1) is 6.61 Å². The van der Waals surface area contributed by atoms with Crippen molar-refractivity contribution in [2.24, 2.45) is 0 Å². The van der Waals surface area contributed by atoms with Crippen molar-refractivity contribution in [1.82, 2.24) is 0 Å². The summed E-state index contributed by atoms with van der Waals surface area (Å²) in [6.45, 7) is 0.203. The molecule has 1 aliphatic rings. The van der Waals surface area contributed by atoms with Crippen LogP contribution in [0.1, 0.15) is 6.42 Å². The quantitative estimate of drug-likeness (QED) is 0.337. The zero-order valence-electron chi connectivity index (χ0n) is 4.24. The van der Waals surface area contributed by atoms with E-state index in [2.05, 4.69) is 4.74 Å². The second-order valence-electron chi connectivity index (χ2n) is 1.81. The molecule has 0 spiro atoms. The number of rotatable bonds is 0. The molecule has 1 atom stereocenters. The number of hydrogen-bond acceptors (Lipinski definition) is 4. The normalized spacial score (nSPS) is 35.6. The summed E-state index contributed by atoms with van der Waals surface area (Å²) in [6, 6.07) is 0. The zero-order chi connectivity index (χ0) is 6.20. The molecule has 0 bridgehead atoms. The summed E-state index contributed by atoms with van der Waals surface area (Å²) in [4.78, 5) is 0. The first-order valence-electron chi connectivity index (χ1n) is 2.40. The van der Waals surface area contributed by atoms with Gasteiger partial charge in [-0.15, -0.1) is 0 Å². The summed E-state index contributed by atoms with van der Waals surface area (Å²) < 4.78 is 4.31. The molecule has 0 aliphatic carbocycles. The Morgan fingerprint density at radius 3 is 2.25 bits per heavy atom. The van der Waals surface area contributed by atoms with Gasteiger partial charge in [0.1, 0.15) is 6.10 Å². The molecular formula is C4H8O4. The average Bonchev–Trinajstić information content (AvgIpc) is 1.86. The molecule has 4 heteroatoms. The minimum absolute atomic E-state index is 0.203. The summed E-state index contributed by atoms with van der Waals surface area (Å²) in [5.74, 6) is -2.29. The van der Waals surface area contributed by atoms with E-state index in [1.165, 1.54) is 0 Å². The summed E-state index contributed by atoms with van der Waals surface area (Å²) in [5, 5.41) is 25.7. The predicted molar refractivity (Wildman–Crippen MR) is 23.7 cm³/mol. The predicted octanol–water partition coefficient (Wildman–Crippen LogP) is -1.59. The Morgan fingerprint density at radius 1 is 1.50 bits per heavy atom. The molecule has 1 fully saturated rings. The molecule has 0 saturated carbocycles. The van der Waals surface area contributed by atoms with Gasteiger partial charge >= 0.3 is 5.97 Å². The molecule has 3 N–H and O–H groups in total. The number of aliphatic hydroxyl groups is 3. The van der Waals surface area contributed by atoms with Gasteiger partial charge in [0.2, 0.25) is 0 Å². The van der Waals surface area contributed by atoms with Crippen LogP contribution in [0.15, 0.2) is 0 Å². The van der Waals surface area contributed by atoms with Gasteiger partial charge in [0.25, 0.3) is 0 Å². The highest BCUT2D eigenvalue weighted by molar-refractivity contribution is 4.71. The van der Waals surface area contributed by atoms with E-state index in [0.717, 1.165) is 0 Å². The molecule has 1 unspecified atom stereocenters. The molecule has 0 aromatic carbocycles. The van der Waals surface area contributed by atoms with Crippen LogP contribution < -0.4 is 0 Å². The van der Waals surface area contributed by atoms with E-state index >= 15 is 0 Å². The second-order valence-corrected chi connectivity index (χ2v) is 1.81. The third-order valence-electron chi connectivity index (χ3n) is 1.14. The molecule has 0 aromatic rings. The molecule has 0 aromatic heterocycles. The molecule has 8 heavy (non-hydrogen) atoms. The third kappa shape index (κ3) is 0.830. The lowest BCUT2D eigenvalue weighted by Crippen LogP contribution is -2.38. The number of aliphatic hydroxyl groups excluding tert-OH is 1. The fraction of sp³-hybridized carbons (Fsp3) is 1.00. The van der Waals surface area contributed by atoms with Gasteiger partial charge in [0.15, 0.2) is 0 Å². The van der Waals surface area contributed by atoms with Crippen molar-refractivity contribution in [3.8, 4) is 0 Å². The molecule has 1 saturated heterocycles. The van der Waals surface area contributed by atoms with Gasteiger partial charge in [-0.25, -0.2) is 0 Å². The van der Waals surface area contributed by atoms with E-state index in [1.807, 2.05) is 0 Å². The minimum Gasteiger partial charge on any atom is -0.385 e. The monoisotopic (exact) mass is 120 g/mol. The number of ether oxygens (including phenoxy) is 1. The Labute approximate surface area is 46.3 Å². The van der Waals surface area contributed by atoms with E-state index in [-0.39, 0.29) is 13.0 Å². The highest BCUT2D eigenvalue weighted by atomic mass is 16.8. The van der Waals surface area contributed by atoms with E-state index in [1.54, 1.807) is 0 Å². The van der Waals surface area contributed by atoms with Crippen molar-refractivity contribution in [2.45, 2.75) is 18.5 Å². The SMILES string of the molecule is OC1CCOC1(O)O. The van der Waals surface area contributed by atoms with Gasteiger partial charge in [-0.05, 0) is 0 Å². The standard InChI is InChI=1S/C4H8O4/c5-3-1-2-8-4(3,6)7/h3,5-7H,1-2H2. The maximum atomic E-state index is 8.63. The molecule has 0 radical (unpaired) electrons. The summed E-state index contributed by atoms with van der Waals surface area (Å²) in [5.41, 5.74) is 0. The first-order chi connectivity index (χ1) is 3.63. The van der Waals surface area contributed by atoms with E-state index < -0.39 is 12.1 Å². The van der Waals surface area contributed by atoms with Crippen LogP contribution in [0.25, 0.3) is 0 Å². The lowest BCUT2D eigenvalue weighted by Gasteiger charge is -2.16. The maximum Gasteiger partial charge on any atom is 0.305 e. The van der Waals surface area contributed by atoms with Gasteiger partial charge in [0, 0.05) is 6.42 Å². The Balaban J connectivity index is 2.54. The zero-order valence-corrected chi connectivity index (χ0v) is 4.24. The fourth-order valence-electron chi connectivity index (χ4n) is 0.605. The topological polar surface area (TPSA) is 69.9 Å². The summed E-state index contributed by atoms with van der Waals surface area (Å²) >= 11 is 0. The maximum absolute atomic E-state index is 8.63. The van der Waals surface area contributed by atoms with Crippen LogP contribution >= 0.6 is 0 Å². The lowest BCUT2D eigenvalue weighted by molar-refractivity contribution is -0.344. The van der Waals surface area contributed by atoms with Gasteiger partial charge in [-0.3, -0.25) is 0 Å². The average molecular weight is 120 g/mol.